The average molecular weight is 663 g/mol. The van der Waals surface area contributed by atoms with Crippen molar-refractivity contribution in [2.75, 3.05) is 63.7 Å². The lowest BCUT2D eigenvalue weighted by atomic mass is 10.1. The predicted molar refractivity (Wildman–Crippen MR) is 180 cm³/mol. The number of amides is 1. The summed E-state index contributed by atoms with van der Waals surface area (Å²) < 4.78 is 48.7. The number of piperazine rings is 1. The van der Waals surface area contributed by atoms with Gasteiger partial charge in [-0.1, -0.05) is 30.3 Å². The quantitative estimate of drug-likeness (QED) is 0.154. The van der Waals surface area contributed by atoms with Gasteiger partial charge < -0.3 is 34.1 Å². The summed E-state index contributed by atoms with van der Waals surface area (Å²) in [4.78, 5) is 28.4. The minimum atomic E-state index is -3.09. The highest BCUT2D eigenvalue weighted by molar-refractivity contribution is 6.00. The first-order valence-electron chi connectivity index (χ1n) is 15.7. The van der Waals surface area contributed by atoms with E-state index in [1.54, 1.807) is 25.3 Å². The number of alkyl halides is 2. The van der Waals surface area contributed by atoms with Crippen LogP contribution in [0.5, 0.6) is 23.1 Å². The van der Waals surface area contributed by atoms with Gasteiger partial charge in [0.15, 0.2) is 11.5 Å². The minimum absolute atomic E-state index is 0.0618. The van der Waals surface area contributed by atoms with Crippen LogP contribution in [-0.2, 0) is 0 Å². The molecule has 13 heteroatoms. The van der Waals surface area contributed by atoms with Crippen molar-refractivity contribution in [3.05, 3.63) is 84.1 Å². The molecule has 1 amide bonds. The Balaban J connectivity index is 1.28. The van der Waals surface area contributed by atoms with Crippen LogP contribution in [0.1, 0.15) is 17.5 Å². The van der Waals surface area contributed by atoms with Crippen molar-refractivity contribution < 1.29 is 32.5 Å². The molecule has 5 rings (SSSR count). The summed E-state index contributed by atoms with van der Waals surface area (Å²) in [6, 6.07) is 18.3. The zero-order valence-corrected chi connectivity index (χ0v) is 27.5. The fourth-order valence-corrected chi connectivity index (χ4v) is 5.44. The second-order valence-corrected chi connectivity index (χ2v) is 11.3. The molecule has 1 fully saturated rings. The molecule has 0 bridgehead atoms. The van der Waals surface area contributed by atoms with Crippen LogP contribution in [0.4, 0.5) is 36.6 Å². The Kier molecular flexibility index (Phi) is 11.6. The molecule has 0 spiro atoms. The Labute approximate surface area is 279 Å². The number of rotatable bonds is 13. The van der Waals surface area contributed by atoms with Gasteiger partial charge in [0.1, 0.15) is 5.75 Å². The molecule has 1 aliphatic heterocycles. The molecule has 0 aliphatic carbocycles. The Morgan fingerprint density at radius 3 is 2.44 bits per heavy atom. The topological polar surface area (TPSA) is 102 Å². The van der Waals surface area contributed by atoms with E-state index in [4.69, 9.17) is 18.9 Å². The third kappa shape index (κ3) is 8.87. The first kappa shape index (κ1) is 34.3. The zero-order chi connectivity index (χ0) is 34.0. The number of hydrogen-bond donors (Lipinski definition) is 1. The van der Waals surface area contributed by atoms with Crippen LogP contribution in [0, 0.1) is 13.8 Å². The maximum Gasteiger partial charge on any atom is 0.425 e. The third-order valence-corrected chi connectivity index (χ3v) is 7.88. The van der Waals surface area contributed by atoms with Crippen molar-refractivity contribution in [2.24, 2.45) is 0 Å². The fraction of sp³-hybridized carbons (Fsp3) is 0.343. The van der Waals surface area contributed by atoms with Gasteiger partial charge in [0.05, 0.1) is 25.1 Å². The van der Waals surface area contributed by atoms with E-state index in [9.17, 15) is 13.6 Å². The first-order chi connectivity index (χ1) is 23.2. The molecule has 0 saturated carbocycles. The van der Waals surface area contributed by atoms with Gasteiger partial charge in [-0.2, -0.15) is 13.8 Å². The van der Waals surface area contributed by atoms with Crippen molar-refractivity contribution in [1.82, 2.24) is 19.8 Å². The van der Waals surface area contributed by atoms with Gasteiger partial charge in [0, 0.05) is 56.7 Å². The average Bonchev–Trinajstić information content (AvgIpc) is 3.06. The number of halogens is 2. The normalized spacial score (nSPS) is 13.6. The van der Waals surface area contributed by atoms with Gasteiger partial charge in [-0.3, -0.25) is 0 Å². The summed E-state index contributed by atoms with van der Waals surface area (Å²) in [5.41, 5.74) is 2.62. The summed E-state index contributed by atoms with van der Waals surface area (Å²) in [5, 5.41) is 3.10. The Morgan fingerprint density at radius 2 is 1.71 bits per heavy atom. The smallest absolute Gasteiger partial charge is 0.425 e. The van der Waals surface area contributed by atoms with Gasteiger partial charge >= 0.3 is 12.7 Å². The van der Waals surface area contributed by atoms with Crippen molar-refractivity contribution in [2.45, 2.75) is 26.9 Å². The highest BCUT2D eigenvalue weighted by atomic mass is 19.3. The summed E-state index contributed by atoms with van der Waals surface area (Å²) >= 11 is 0. The number of para-hydroxylation sites is 3. The predicted octanol–water partition coefficient (Wildman–Crippen LogP) is 6.80. The number of hydrogen-bond acceptors (Lipinski definition) is 10. The monoisotopic (exact) mass is 662 g/mol. The van der Waals surface area contributed by atoms with Gasteiger partial charge in [-0.25, -0.2) is 14.7 Å². The first-order valence-corrected chi connectivity index (χ1v) is 15.7. The molecule has 0 atom stereocenters. The standard InChI is InChI=1S/C35H40F2N6O5/c1-24-9-7-10-25(2)32(24)43(27-11-5-6-12-28(27)47-33(36)37)35(44)48-31-15-16-38-34(40-31)39-26-13-14-29(30(23-26)45-4)46-22-8-17-42-20-18-41(3)19-21-42/h5-7,9-16,23,33H,8,17-22H2,1-4H3,(H,38,39,40). The SMILES string of the molecule is COc1cc(Nc2nccc(OC(=O)N(c3ccccc3OC(F)F)c3c(C)cccc3C)n2)ccc1OCCCN1CCN(C)CC1. The van der Waals surface area contributed by atoms with E-state index in [0.717, 1.165) is 50.3 Å². The third-order valence-electron chi connectivity index (χ3n) is 7.88. The van der Waals surface area contributed by atoms with Gasteiger partial charge in [-0.15, -0.1) is 0 Å². The molecule has 1 aromatic heterocycles. The van der Waals surface area contributed by atoms with Crippen LogP contribution in [0.15, 0.2) is 72.9 Å². The molecule has 0 unspecified atom stereocenters. The summed E-state index contributed by atoms with van der Waals surface area (Å²) in [5.74, 6) is 1.06. The van der Waals surface area contributed by atoms with E-state index in [1.165, 1.54) is 29.3 Å². The van der Waals surface area contributed by atoms with Crippen LogP contribution < -0.4 is 29.2 Å². The van der Waals surface area contributed by atoms with Gasteiger partial charge in [-0.05, 0) is 62.7 Å². The van der Waals surface area contributed by atoms with Crippen LogP contribution in [-0.4, -0.2) is 86.0 Å². The maximum absolute atomic E-state index is 13.8. The molecule has 254 valence electrons. The van der Waals surface area contributed by atoms with E-state index in [0.29, 0.717) is 29.5 Å². The number of anilines is 4. The van der Waals surface area contributed by atoms with E-state index in [1.807, 2.05) is 44.2 Å². The van der Waals surface area contributed by atoms with Crippen LogP contribution in [0.2, 0.25) is 0 Å². The summed E-state index contributed by atoms with van der Waals surface area (Å²) in [6.45, 7) is 6.36. The number of ether oxygens (including phenoxy) is 4. The molecule has 1 N–H and O–H groups in total. The van der Waals surface area contributed by atoms with E-state index in [-0.39, 0.29) is 23.3 Å². The van der Waals surface area contributed by atoms with Crippen LogP contribution in [0.25, 0.3) is 0 Å². The second kappa shape index (κ2) is 16.2. The molecule has 0 radical (unpaired) electrons. The Morgan fingerprint density at radius 1 is 0.958 bits per heavy atom. The van der Waals surface area contributed by atoms with Crippen molar-refractivity contribution >= 4 is 29.1 Å². The molecule has 1 aliphatic rings. The number of carbonyl (C=O) groups is 1. The van der Waals surface area contributed by atoms with Crippen LogP contribution >= 0.6 is 0 Å². The van der Waals surface area contributed by atoms with Gasteiger partial charge in [0.25, 0.3) is 0 Å². The Bertz CT molecular complexity index is 1670. The molecular weight excluding hydrogens is 622 g/mol. The largest absolute Gasteiger partial charge is 0.493 e. The highest BCUT2D eigenvalue weighted by Gasteiger charge is 2.28. The molecule has 3 aromatic carbocycles. The lowest BCUT2D eigenvalue weighted by molar-refractivity contribution is -0.0494. The number of methoxy groups -OCH3 is 1. The van der Waals surface area contributed by atoms with Crippen LogP contribution in [0.3, 0.4) is 0 Å². The second-order valence-electron chi connectivity index (χ2n) is 11.3. The lowest BCUT2D eigenvalue weighted by Gasteiger charge is -2.32. The summed E-state index contributed by atoms with van der Waals surface area (Å²) in [6.07, 6.45) is 1.46. The molecule has 1 saturated heterocycles. The van der Waals surface area contributed by atoms with Crippen molar-refractivity contribution in [3.8, 4) is 23.1 Å². The number of benzene rings is 3. The Hall–Kier alpha value is -5.01. The summed E-state index contributed by atoms with van der Waals surface area (Å²) in [7, 11) is 3.71. The molecule has 48 heavy (non-hydrogen) atoms. The number of nitrogens with one attached hydrogen (secondary N) is 1. The fourth-order valence-electron chi connectivity index (χ4n) is 5.44. The zero-order valence-electron chi connectivity index (χ0n) is 27.5. The highest BCUT2D eigenvalue weighted by Crippen LogP contribution is 2.39. The number of nitrogens with zero attached hydrogens (tertiary/aromatic N) is 5. The van der Waals surface area contributed by atoms with E-state index in [2.05, 4.69) is 32.1 Å². The van der Waals surface area contributed by atoms with E-state index >= 15 is 0 Å². The van der Waals surface area contributed by atoms with Crippen molar-refractivity contribution in [3.63, 3.8) is 0 Å². The van der Waals surface area contributed by atoms with E-state index < -0.39 is 12.7 Å². The lowest BCUT2D eigenvalue weighted by Crippen LogP contribution is -2.44. The molecular formula is C35H40F2N6O5. The number of aryl methyl sites for hydroxylation is 2. The molecule has 11 nitrogen and oxygen atoms in total. The number of aromatic nitrogens is 2. The minimum Gasteiger partial charge on any atom is -0.493 e. The number of likely N-dealkylation sites (N-methyl/N-ethyl adjacent to an activating group) is 1. The number of carbonyl (C=O) groups excluding carboxylic acids is 1. The maximum atomic E-state index is 13.8. The molecule has 4 aromatic rings. The molecule has 2 heterocycles. The van der Waals surface area contributed by atoms with Crippen molar-refractivity contribution in [1.29, 1.82) is 0 Å². The van der Waals surface area contributed by atoms with Gasteiger partial charge in [0.2, 0.25) is 11.8 Å².